The lowest BCUT2D eigenvalue weighted by atomic mass is 9.89. The zero-order chi connectivity index (χ0) is 13.9. The molecule has 2 rings (SSSR count). The highest BCUT2D eigenvalue weighted by Gasteiger charge is 2.33. The molecule has 0 bridgehead atoms. The van der Waals surface area contributed by atoms with Crippen molar-refractivity contribution in [2.75, 3.05) is 25.1 Å². The van der Waals surface area contributed by atoms with Gasteiger partial charge in [0.2, 0.25) is 0 Å². The number of carbonyl (C=O) groups is 1. The molecule has 2 amide bonds. The van der Waals surface area contributed by atoms with Crippen LogP contribution in [-0.2, 0) is 4.74 Å². The van der Waals surface area contributed by atoms with E-state index in [1.165, 1.54) is 0 Å². The van der Waals surface area contributed by atoms with Gasteiger partial charge in [-0.1, -0.05) is 13.8 Å². The second-order valence-corrected chi connectivity index (χ2v) is 5.53. The van der Waals surface area contributed by atoms with Crippen LogP contribution in [0.5, 0.6) is 0 Å². The molecule has 1 saturated heterocycles. The Bertz CT molecular complexity index is 440. The Labute approximate surface area is 113 Å². The zero-order valence-electron chi connectivity index (χ0n) is 11.8. The largest absolute Gasteiger partial charge is 0.380 e. The summed E-state index contributed by atoms with van der Waals surface area (Å²) in [7, 11) is 0. The number of hydrogen-bond donors (Lipinski definition) is 2. The Hall–Kier alpha value is -1.56. The van der Waals surface area contributed by atoms with E-state index in [-0.39, 0.29) is 17.5 Å². The molecule has 2 heterocycles. The quantitative estimate of drug-likeness (QED) is 0.856. The van der Waals surface area contributed by atoms with E-state index in [0.29, 0.717) is 19.8 Å². The van der Waals surface area contributed by atoms with Crippen molar-refractivity contribution in [1.29, 1.82) is 0 Å². The highest BCUT2D eigenvalue weighted by Crippen LogP contribution is 2.25. The second kappa shape index (κ2) is 5.61. The maximum atomic E-state index is 11.9. The maximum Gasteiger partial charge on any atom is 0.320 e. The van der Waals surface area contributed by atoms with Crippen LogP contribution in [0.3, 0.4) is 0 Å². The molecule has 6 nitrogen and oxygen atoms in total. The third-order valence-electron chi connectivity index (χ3n) is 3.50. The summed E-state index contributed by atoms with van der Waals surface area (Å²) in [4.78, 5) is 11.9. The molecule has 2 N–H and O–H groups in total. The third-order valence-corrected chi connectivity index (χ3v) is 3.50. The molecule has 1 aromatic rings. The third kappa shape index (κ3) is 3.26. The molecule has 1 aliphatic heterocycles. The Balaban J connectivity index is 1.86. The van der Waals surface area contributed by atoms with Crippen LogP contribution in [0.25, 0.3) is 0 Å². The van der Waals surface area contributed by atoms with E-state index in [9.17, 15) is 4.79 Å². The second-order valence-electron chi connectivity index (χ2n) is 5.53. The first-order valence-corrected chi connectivity index (χ1v) is 6.70. The fraction of sp³-hybridized carbons (Fsp3) is 0.692. The molecule has 1 aromatic heterocycles. The number of amides is 2. The number of nitrogens with one attached hydrogen (secondary N) is 2. The minimum absolute atomic E-state index is 0.0777. The van der Waals surface area contributed by atoms with Gasteiger partial charge in [0.1, 0.15) is 5.82 Å². The van der Waals surface area contributed by atoms with E-state index < -0.39 is 0 Å². The topological polar surface area (TPSA) is 68.2 Å². The normalized spacial score (nSPS) is 18.5. The number of carbonyl (C=O) groups excluding carboxylic acids is 1. The fourth-order valence-electron chi connectivity index (χ4n) is 1.94. The first-order chi connectivity index (χ1) is 9.04. The Morgan fingerprint density at radius 1 is 1.63 bits per heavy atom. The predicted octanol–water partition coefficient (Wildman–Crippen LogP) is 2.01. The molecule has 1 atom stereocenters. The number of aromatic nitrogens is 2. The van der Waals surface area contributed by atoms with Crippen molar-refractivity contribution in [3.8, 4) is 0 Å². The Morgan fingerprint density at radius 3 is 2.95 bits per heavy atom. The molecule has 1 aliphatic rings. The summed E-state index contributed by atoms with van der Waals surface area (Å²) in [6.07, 6.45) is 2.66. The molecule has 0 spiro atoms. The molecule has 106 valence electrons. The van der Waals surface area contributed by atoms with Gasteiger partial charge in [-0.25, -0.2) is 9.48 Å². The molecule has 19 heavy (non-hydrogen) atoms. The van der Waals surface area contributed by atoms with Gasteiger partial charge in [-0.2, -0.15) is 5.10 Å². The van der Waals surface area contributed by atoms with Gasteiger partial charge >= 0.3 is 6.03 Å². The molecule has 1 fully saturated rings. The number of anilines is 1. The van der Waals surface area contributed by atoms with Gasteiger partial charge in [0.25, 0.3) is 0 Å². The summed E-state index contributed by atoms with van der Waals surface area (Å²) in [5, 5.41) is 9.94. The highest BCUT2D eigenvalue weighted by atomic mass is 16.5. The number of rotatable bonds is 5. The monoisotopic (exact) mass is 266 g/mol. The van der Waals surface area contributed by atoms with Crippen molar-refractivity contribution >= 4 is 11.8 Å². The summed E-state index contributed by atoms with van der Waals surface area (Å²) in [6.45, 7) is 8.29. The molecule has 0 aromatic carbocycles. The molecular weight excluding hydrogens is 244 g/mol. The van der Waals surface area contributed by atoms with E-state index in [1.54, 1.807) is 12.3 Å². The summed E-state index contributed by atoms with van der Waals surface area (Å²) in [5.74, 6) is 0.724. The fourth-order valence-corrected chi connectivity index (χ4v) is 1.94. The maximum absolute atomic E-state index is 11.9. The lowest BCUT2D eigenvalue weighted by molar-refractivity contribution is -0.0974. The van der Waals surface area contributed by atoms with Gasteiger partial charge < -0.3 is 10.1 Å². The van der Waals surface area contributed by atoms with Gasteiger partial charge in [-0.3, -0.25) is 5.32 Å². The smallest absolute Gasteiger partial charge is 0.320 e. The van der Waals surface area contributed by atoms with E-state index in [2.05, 4.69) is 36.5 Å². The lowest BCUT2D eigenvalue weighted by Crippen LogP contribution is -2.49. The molecule has 0 saturated carbocycles. The van der Waals surface area contributed by atoms with Crippen LogP contribution in [0.4, 0.5) is 10.6 Å². The van der Waals surface area contributed by atoms with Crippen molar-refractivity contribution in [2.24, 2.45) is 5.41 Å². The van der Waals surface area contributed by atoms with Crippen LogP contribution in [0.2, 0.25) is 0 Å². The average Bonchev–Trinajstić information content (AvgIpc) is 2.81. The zero-order valence-corrected chi connectivity index (χ0v) is 11.8. The highest BCUT2D eigenvalue weighted by molar-refractivity contribution is 5.88. The first kappa shape index (κ1) is 13.9. The number of ether oxygens (including phenoxy) is 1. The summed E-state index contributed by atoms with van der Waals surface area (Å²) < 4.78 is 6.98. The van der Waals surface area contributed by atoms with E-state index in [1.807, 2.05) is 4.68 Å². The Morgan fingerprint density at radius 2 is 2.37 bits per heavy atom. The molecule has 1 unspecified atom stereocenters. The summed E-state index contributed by atoms with van der Waals surface area (Å²) in [5.41, 5.74) is 0.0777. The molecule has 0 aliphatic carbocycles. The van der Waals surface area contributed by atoms with Crippen LogP contribution in [0.1, 0.15) is 33.2 Å². The molecule has 0 radical (unpaired) electrons. The van der Waals surface area contributed by atoms with Gasteiger partial charge in [0, 0.05) is 18.0 Å². The predicted molar refractivity (Wildman–Crippen MR) is 73.2 cm³/mol. The standard InChI is InChI=1S/C13H22N4O2/c1-4-10(2)17-11(5-6-15-17)16-12(18)14-7-13(3)8-19-9-13/h5-6,10H,4,7-9H2,1-3H3,(H2,14,16,18). The van der Waals surface area contributed by atoms with Crippen LogP contribution in [0.15, 0.2) is 12.3 Å². The first-order valence-electron chi connectivity index (χ1n) is 6.70. The van der Waals surface area contributed by atoms with Crippen LogP contribution < -0.4 is 10.6 Å². The number of nitrogens with zero attached hydrogens (tertiary/aromatic N) is 2. The van der Waals surface area contributed by atoms with Crippen LogP contribution >= 0.6 is 0 Å². The van der Waals surface area contributed by atoms with Gasteiger partial charge in [-0.15, -0.1) is 0 Å². The van der Waals surface area contributed by atoms with Gasteiger partial charge in [-0.05, 0) is 13.3 Å². The van der Waals surface area contributed by atoms with Gasteiger partial charge in [0.15, 0.2) is 0 Å². The van der Waals surface area contributed by atoms with Crippen LogP contribution in [0, 0.1) is 5.41 Å². The van der Waals surface area contributed by atoms with Crippen molar-refractivity contribution < 1.29 is 9.53 Å². The molecular formula is C13H22N4O2. The van der Waals surface area contributed by atoms with Crippen molar-refractivity contribution in [2.45, 2.75) is 33.2 Å². The lowest BCUT2D eigenvalue weighted by Gasteiger charge is -2.37. The van der Waals surface area contributed by atoms with E-state index >= 15 is 0 Å². The average molecular weight is 266 g/mol. The minimum Gasteiger partial charge on any atom is -0.380 e. The van der Waals surface area contributed by atoms with E-state index in [0.717, 1.165) is 12.2 Å². The Kier molecular flexibility index (Phi) is 4.09. The van der Waals surface area contributed by atoms with Crippen molar-refractivity contribution in [1.82, 2.24) is 15.1 Å². The SMILES string of the molecule is CCC(C)n1nccc1NC(=O)NCC1(C)COC1. The molecule has 6 heteroatoms. The number of hydrogen-bond acceptors (Lipinski definition) is 3. The van der Waals surface area contributed by atoms with E-state index in [4.69, 9.17) is 4.74 Å². The minimum atomic E-state index is -0.196. The summed E-state index contributed by atoms with van der Waals surface area (Å²) >= 11 is 0. The van der Waals surface area contributed by atoms with Crippen molar-refractivity contribution in [3.05, 3.63) is 12.3 Å². The van der Waals surface area contributed by atoms with Crippen LogP contribution in [-0.4, -0.2) is 35.6 Å². The summed E-state index contributed by atoms with van der Waals surface area (Å²) in [6, 6.07) is 1.88. The number of urea groups is 1. The van der Waals surface area contributed by atoms with Gasteiger partial charge in [0.05, 0.1) is 25.5 Å². The van der Waals surface area contributed by atoms with Crippen molar-refractivity contribution in [3.63, 3.8) is 0 Å².